The molecule has 1 saturated heterocycles. The third-order valence-corrected chi connectivity index (χ3v) is 3.35. The van der Waals surface area contributed by atoms with Gasteiger partial charge in [0.05, 0.1) is 12.7 Å². The van der Waals surface area contributed by atoms with Crippen molar-refractivity contribution in [2.75, 3.05) is 32.8 Å². The number of nitrogens with one attached hydrogen (secondary N) is 1. The lowest BCUT2D eigenvalue weighted by Crippen LogP contribution is -2.36. The van der Waals surface area contributed by atoms with Gasteiger partial charge in [-0.3, -0.25) is 4.79 Å². The summed E-state index contributed by atoms with van der Waals surface area (Å²) < 4.78 is 0. The summed E-state index contributed by atoms with van der Waals surface area (Å²) in [4.78, 5) is 13.9. The predicted octanol–water partition coefficient (Wildman–Crippen LogP) is 0.112. The number of nitrogens with zero attached hydrogens (tertiary/aromatic N) is 1. The van der Waals surface area contributed by atoms with Gasteiger partial charge in [-0.25, -0.2) is 0 Å². The van der Waals surface area contributed by atoms with E-state index < -0.39 is 6.10 Å². The van der Waals surface area contributed by atoms with E-state index >= 15 is 0 Å². The minimum absolute atomic E-state index is 0.0513. The lowest BCUT2D eigenvalue weighted by atomic mass is 10.1. The number of aliphatic hydroxyl groups is 2. The molecule has 18 heavy (non-hydrogen) atoms. The van der Waals surface area contributed by atoms with Crippen LogP contribution in [0.25, 0.3) is 0 Å². The number of rotatable bonds is 6. The maximum absolute atomic E-state index is 11.5. The van der Waals surface area contributed by atoms with Crippen LogP contribution >= 0.6 is 0 Å². The van der Waals surface area contributed by atoms with Gasteiger partial charge < -0.3 is 20.4 Å². The molecule has 3 N–H and O–H groups in total. The van der Waals surface area contributed by atoms with Crippen LogP contribution in [0.5, 0.6) is 0 Å². The second kappa shape index (κ2) is 9.30. The van der Waals surface area contributed by atoms with E-state index in [4.69, 9.17) is 10.2 Å². The van der Waals surface area contributed by atoms with Gasteiger partial charge >= 0.3 is 0 Å². The molecule has 106 valence electrons. The standard InChI is InChI=1S/C13H26N2O3/c16-11-12(17)10-14-13(18)6-9-15-7-4-2-1-3-5-8-15/h12,16-17H,1-11H2,(H,14,18). The SMILES string of the molecule is O=C(CCN1CCCCCCC1)NCC(O)CO. The molecule has 0 saturated carbocycles. The Morgan fingerprint density at radius 3 is 2.39 bits per heavy atom. The third kappa shape index (κ3) is 6.93. The number of amides is 1. The fourth-order valence-electron chi connectivity index (χ4n) is 2.18. The van der Waals surface area contributed by atoms with Gasteiger partial charge in [0, 0.05) is 19.5 Å². The molecule has 1 fully saturated rings. The Kier molecular flexibility index (Phi) is 7.96. The van der Waals surface area contributed by atoms with Crippen LogP contribution in [0.1, 0.15) is 38.5 Å². The van der Waals surface area contributed by atoms with Crippen LogP contribution in [0.15, 0.2) is 0 Å². The maximum atomic E-state index is 11.5. The van der Waals surface area contributed by atoms with Crippen molar-refractivity contribution in [3.05, 3.63) is 0 Å². The maximum Gasteiger partial charge on any atom is 0.221 e. The fraction of sp³-hybridized carbons (Fsp3) is 0.923. The Bertz CT molecular complexity index is 228. The second-order valence-corrected chi connectivity index (χ2v) is 5.00. The second-order valence-electron chi connectivity index (χ2n) is 5.00. The summed E-state index contributed by atoms with van der Waals surface area (Å²) in [6, 6.07) is 0. The Labute approximate surface area is 109 Å². The van der Waals surface area contributed by atoms with Crippen molar-refractivity contribution in [1.82, 2.24) is 10.2 Å². The van der Waals surface area contributed by atoms with Crippen molar-refractivity contribution in [1.29, 1.82) is 0 Å². The molecule has 1 atom stereocenters. The minimum atomic E-state index is -0.851. The Hall–Kier alpha value is -0.650. The zero-order valence-electron chi connectivity index (χ0n) is 11.1. The molecule has 0 radical (unpaired) electrons. The third-order valence-electron chi connectivity index (χ3n) is 3.35. The van der Waals surface area contributed by atoms with Crippen molar-refractivity contribution in [2.24, 2.45) is 0 Å². The number of hydrogen-bond donors (Lipinski definition) is 3. The molecule has 0 aliphatic carbocycles. The average Bonchev–Trinajstić information content (AvgIpc) is 2.34. The lowest BCUT2D eigenvalue weighted by molar-refractivity contribution is -0.122. The molecule has 0 aromatic carbocycles. The predicted molar refractivity (Wildman–Crippen MR) is 70.2 cm³/mol. The number of hydrogen-bond acceptors (Lipinski definition) is 4. The first-order chi connectivity index (χ1) is 8.72. The minimum Gasteiger partial charge on any atom is -0.394 e. The molecule has 1 amide bonds. The van der Waals surface area contributed by atoms with Crippen LogP contribution < -0.4 is 5.32 Å². The summed E-state index contributed by atoms with van der Waals surface area (Å²) in [6.07, 6.45) is 6.01. The van der Waals surface area contributed by atoms with Gasteiger partial charge in [-0.05, 0) is 25.9 Å². The van der Waals surface area contributed by atoms with Crippen molar-refractivity contribution in [3.8, 4) is 0 Å². The van der Waals surface area contributed by atoms with Gasteiger partial charge in [0.2, 0.25) is 5.91 Å². The van der Waals surface area contributed by atoms with E-state index in [1.807, 2.05) is 0 Å². The largest absolute Gasteiger partial charge is 0.394 e. The molecule has 5 heteroatoms. The number of aliphatic hydroxyl groups excluding tert-OH is 2. The van der Waals surface area contributed by atoms with E-state index in [9.17, 15) is 4.79 Å². The monoisotopic (exact) mass is 258 g/mol. The normalized spacial score (nSPS) is 19.9. The van der Waals surface area contributed by atoms with Crippen LogP contribution in [0.2, 0.25) is 0 Å². The van der Waals surface area contributed by atoms with Crippen molar-refractivity contribution in [3.63, 3.8) is 0 Å². The summed E-state index contributed by atoms with van der Waals surface area (Å²) >= 11 is 0. The van der Waals surface area contributed by atoms with Crippen LogP contribution in [0.4, 0.5) is 0 Å². The quantitative estimate of drug-likeness (QED) is 0.632. The highest BCUT2D eigenvalue weighted by Crippen LogP contribution is 2.10. The van der Waals surface area contributed by atoms with E-state index in [0.29, 0.717) is 6.42 Å². The highest BCUT2D eigenvalue weighted by Gasteiger charge is 2.11. The molecule has 1 aliphatic rings. The van der Waals surface area contributed by atoms with Crippen LogP contribution in [0.3, 0.4) is 0 Å². The van der Waals surface area contributed by atoms with E-state index in [1.54, 1.807) is 0 Å². The summed E-state index contributed by atoms with van der Waals surface area (Å²) in [5.74, 6) is -0.0513. The smallest absolute Gasteiger partial charge is 0.221 e. The Balaban J connectivity index is 2.12. The van der Waals surface area contributed by atoms with E-state index in [1.165, 1.54) is 32.1 Å². The van der Waals surface area contributed by atoms with Gasteiger partial charge in [-0.2, -0.15) is 0 Å². The zero-order valence-corrected chi connectivity index (χ0v) is 11.1. The van der Waals surface area contributed by atoms with Gasteiger partial charge in [0.1, 0.15) is 0 Å². The van der Waals surface area contributed by atoms with Crippen LogP contribution in [-0.4, -0.2) is 59.9 Å². The molecular formula is C13H26N2O3. The summed E-state index contributed by atoms with van der Waals surface area (Å²) in [5, 5.41) is 20.4. The number of carbonyl (C=O) groups is 1. The number of likely N-dealkylation sites (tertiary alicyclic amines) is 1. The molecule has 1 aliphatic heterocycles. The van der Waals surface area contributed by atoms with Gasteiger partial charge in [-0.15, -0.1) is 0 Å². The highest BCUT2D eigenvalue weighted by atomic mass is 16.3. The molecule has 0 spiro atoms. The molecule has 0 aromatic heterocycles. The molecule has 0 aromatic rings. The first-order valence-corrected chi connectivity index (χ1v) is 7.00. The van der Waals surface area contributed by atoms with Crippen molar-refractivity contribution < 1.29 is 15.0 Å². The molecule has 0 bridgehead atoms. The van der Waals surface area contributed by atoms with Crippen LogP contribution in [0, 0.1) is 0 Å². The number of carbonyl (C=O) groups excluding carboxylic acids is 1. The average molecular weight is 258 g/mol. The van der Waals surface area contributed by atoms with E-state index in [2.05, 4.69) is 10.2 Å². The van der Waals surface area contributed by atoms with E-state index in [0.717, 1.165) is 19.6 Å². The first kappa shape index (κ1) is 15.4. The summed E-state index contributed by atoms with van der Waals surface area (Å²) in [6.45, 7) is 2.79. The summed E-state index contributed by atoms with van der Waals surface area (Å²) in [7, 11) is 0. The lowest BCUT2D eigenvalue weighted by Gasteiger charge is -2.24. The molecule has 1 heterocycles. The molecule has 1 rings (SSSR count). The molecular weight excluding hydrogens is 232 g/mol. The Morgan fingerprint density at radius 2 is 1.78 bits per heavy atom. The topological polar surface area (TPSA) is 72.8 Å². The first-order valence-electron chi connectivity index (χ1n) is 7.00. The fourth-order valence-corrected chi connectivity index (χ4v) is 2.18. The van der Waals surface area contributed by atoms with Gasteiger partial charge in [0.25, 0.3) is 0 Å². The summed E-state index contributed by atoms with van der Waals surface area (Å²) in [5.41, 5.74) is 0. The highest BCUT2D eigenvalue weighted by molar-refractivity contribution is 5.76. The van der Waals surface area contributed by atoms with Crippen molar-refractivity contribution >= 4 is 5.91 Å². The van der Waals surface area contributed by atoms with Crippen LogP contribution in [-0.2, 0) is 4.79 Å². The molecule has 5 nitrogen and oxygen atoms in total. The zero-order chi connectivity index (χ0) is 13.2. The van der Waals surface area contributed by atoms with Crippen molar-refractivity contribution in [2.45, 2.75) is 44.6 Å². The van der Waals surface area contributed by atoms with Gasteiger partial charge in [0.15, 0.2) is 0 Å². The van der Waals surface area contributed by atoms with Gasteiger partial charge in [-0.1, -0.05) is 19.3 Å². The van der Waals surface area contributed by atoms with E-state index in [-0.39, 0.29) is 19.1 Å². The Morgan fingerprint density at radius 1 is 1.17 bits per heavy atom. The molecule has 1 unspecified atom stereocenters.